The fourth-order valence-corrected chi connectivity index (χ4v) is 2.80. The summed E-state index contributed by atoms with van der Waals surface area (Å²) in [5.41, 5.74) is 0. The first kappa shape index (κ1) is 11.6. The van der Waals surface area contributed by atoms with Crippen molar-refractivity contribution in [3.63, 3.8) is 0 Å². The highest BCUT2D eigenvalue weighted by Crippen LogP contribution is 2.43. The van der Waals surface area contributed by atoms with Crippen LogP contribution in [0.25, 0.3) is 0 Å². The van der Waals surface area contributed by atoms with Gasteiger partial charge in [0.25, 0.3) is 0 Å². The molecule has 1 aliphatic rings. The van der Waals surface area contributed by atoms with E-state index in [1.807, 2.05) is 6.07 Å². The first-order chi connectivity index (χ1) is 7.69. The van der Waals surface area contributed by atoms with Gasteiger partial charge >= 0.3 is 0 Å². The lowest BCUT2D eigenvalue weighted by Crippen LogP contribution is -2.45. The molecule has 0 amide bonds. The molecule has 0 atom stereocenters. The molecular formula is C11H10ClNO2S. The van der Waals surface area contributed by atoms with Crippen LogP contribution in [-0.2, 0) is 4.74 Å². The molecule has 1 saturated heterocycles. The van der Waals surface area contributed by atoms with Gasteiger partial charge in [0.2, 0.25) is 0 Å². The largest absolute Gasteiger partial charge is 0.496 e. The summed E-state index contributed by atoms with van der Waals surface area (Å²) in [5.74, 6) is 0.732. The highest BCUT2D eigenvalue weighted by Gasteiger charge is 2.40. The predicted molar refractivity (Wildman–Crippen MR) is 63.0 cm³/mol. The maximum atomic E-state index is 9.11. The summed E-state index contributed by atoms with van der Waals surface area (Å²) in [6, 6.07) is 7.65. The minimum atomic E-state index is -0.488. The summed E-state index contributed by atoms with van der Waals surface area (Å²) < 4.78 is 9.83. The van der Waals surface area contributed by atoms with E-state index in [4.69, 9.17) is 26.3 Å². The lowest BCUT2D eigenvalue weighted by Gasteiger charge is -2.34. The SMILES string of the molecule is COc1ccc(Cl)cc1SC1(C#N)COC1. The minimum absolute atomic E-state index is 0.448. The maximum absolute atomic E-state index is 9.11. The fourth-order valence-electron chi connectivity index (χ4n) is 1.37. The summed E-state index contributed by atoms with van der Waals surface area (Å²) >= 11 is 7.37. The van der Waals surface area contributed by atoms with Crippen molar-refractivity contribution < 1.29 is 9.47 Å². The average Bonchev–Trinajstić information content (AvgIpc) is 2.24. The van der Waals surface area contributed by atoms with Crippen molar-refractivity contribution in [2.45, 2.75) is 9.64 Å². The first-order valence-corrected chi connectivity index (χ1v) is 5.90. The Hall–Kier alpha value is -0.890. The van der Waals surface area contributed by atoms with Gasteiger partial charge < -0.3 is 9.47 Å². The zero-order valence-electron chi connectivity index (χ0n) is 8.70. The minimum Gasteiger partial charge on any atom is -0.496 e. The number of halogens is 1. The van der Waals surface area contributed by atoms with Gasteiger partial charge in [0.1, 0.15) is 5.75 Å². The number of hydrogen-bond acceptors (Lipinski definition) is 4. The summed E-state index contributed by atoms with van der Waals surface area (Å²) in [4.78, 5) is 0.875. The molecule has 0 saturated carbocycles. The molecular weight excluding hydrogens is 246 g/mol. The second-order valence-corrected chi connectivity index (χ2v) is 5.36. The number of benzene rings is 1. The molecule has 0 spiro atoms. The molecule has 84 valence electrons. The highest BCUT2D eigenvalue weighted by atomic mass is 35.5. The summed E-state index contributed by atoms with van der Waals surface area (Å²) in [5, 5.41) is 9.74. The molecule has 0 bridgehead atoms. The van der Waals surface area contributed by atoms with E-state index in [1.165, 1.54) is 11.8 Å². The van der Waals surface area contributed by atoms with E-state index in [2.05, 4.69) is 6.07 Å². The molecule has 1 aromatic carbocycles. The molecule has 0 aromatic heterocycles. The van der Waals surface area contributed by atoms with Gasteiger partial charge in [0, 0.05) is 5.02 Å². The van der Waals surface area contributed by atoms with Crippen molar-refractivity contribution in [2.75, 3.05) is 20.3 Å². The van der Waals surface area contributed by atoms with E-state index in [9.17, 15) is 0 Å². The third kappa shape index (κ3) is 2.12. The molecule has 0 aliphatic carbocycles. The van der Waals surface area contributed by atoms with E-state index in [0.29, 0.717) is 18.2 Å². The standard InChI is InChI=1S/C11H10ClNO2S/c1-14-9-3-2-8(12)4-10(9)16-11(5-13)6-15-7-11/h2-4H,6-7H2,1H3. The smallest absolute Gasteiger partial charge is 0.153 e. The third-order valence-electron chi connectivity index (χ3n) is 2.31. The van der Waals surface area contributed by atoms with Crippen LogP contribution in [0, 0.1) is 11.3 Å². The zero-order chi connectivity index (χ0) is 11.6. The third-order valence-corrected chi connectivity index (χ3v) is 3.80. The van der Waals surface area contributed by atoms with Gasteiger partial charge in [-0.15, -0.1) is 0 Å². The van der Waals surface area contributed by atoms with Gasteiger partial charge in [0.15, 0.2) is 4.75 Å². The highest BCUT2D eigenvalue weighted by molar-refractivity contribution is 8.01. The molecule has 0 radical (unpaired) electrons. The van der Waals surface area contributed by atoms with Crippen LogP contribution in [0.3, 0.4) is 0 Å². The number of methoxy groups -OCH3 is 1. The van der Waals surface area contributed by atoms with Gasteiger partial charge in [-0.2, -0.15) is 5.26 Å². The van der Waals surface area contributed by atoms with E-state index < -0.39 is 4.75 Å². The molecule has 2 rings (SSSR count). The van der Waals surface area contributed by atoms with E-state index >= 15 is 0 Å². The Balaban J connectivity index is 2.26. The average molecular weight is 256 g/mol. The topological polar surface area (TPSA) is 42.2 Å². The van der Waals surface area contributed by atoms with Crippen LogP contribution >= 0.6 is 23.4 Å². The molecule has 3 nitrogen and oxygen atoms in total. The van der Waals surface area contributed by atoms with Crippen LogP contribution in [0.15, 0.2) is 23.1 Å². The van der Waals surface area contributed by atoms with Crippen LogP contribution in [0.1, 0.15) is 0 Å². The second-order valence-electron chi connectivity index (χ2n) is 3.50. The lowest BCUT2D eigenvalue weighted by molar-refractivity contribution is 0.0161. The van der Waals surface area contributed by atoms with Crippen molar-refractivity contribution in [2.24, 2.45) is 0 Å². The Labute approximate surface area is 103 Å². The Bertz CT molecular complexity index is 440. The van der Waals surface area contributed by atoms with Gasteiger partial charge in [-0.25, -0.2) is 0 Å². The monoisotopic (exact) mass is 255 g/mol. The van der Waals surface area contributed by atoms with Gasteiger partial charge in [-0.1, -0.05) is 23.4 Å². The number of nitriles is 1. The molecule has 1 heterocycles. The van der Waals surface area contributed by atoms with Gasteiger partial charge in [-0.05, 0) is 18.2 Å². The van der Waals surface area contributed by atoms with Crippen molar-refractivity contribution >= 4 is 23.4 Å². The van der Waals surface area contributed by atoms with Gasteiger partial charge in [0.05, 0.1) is 31.3 Å². The Morgan fingerprint density at radius 2 is 2.31 bits per heavy atom. The first-order valence-electron chi connectivity index (χ1n) is 4.71. The molecule has 1 aromatic rings. The summed E-state index contributed by atoms with van der Waals surface area (Å²) in [6.07, 6.45) is 0. The summed E-state index contributed by atoms with van der Waals surface area (Å²) in [7, 11) is 1.60. The Kier molecular flexibility index (Phi) is 3.29. The van der Waals surface area contributed by atoms with Crippen molar-refractivity contribution in [1.82, 2.24) is 0 Å². The second kappa shape index (κ2) is 4.54. The quantitative estimate of drug-likeness (QED) is 0.833. The van der Waals surface area contributed by atoms with Crippen molar-refractivity contribution in [1.29, 1.82) is 5.26 Å². The number of thioether (sulfide) groups is 1. The van der Waals surface area contributed by atoms with Crippen molar-refractivity contribution in [3.8, 4) is 11.8 Å². The van der Waals surface area contributed by atoms with Crippen LogP contribution in [0.2, 0.25) is 5.02 Å². The van der Waals surface area contributed by atoms with Crippen LogP contribution in [0.4, 0.5) is 0 Å². The van der Waals surface area contributed by atoms with E-state index in [1.54, 1.807) is 19.2 Å². The molecule has 1 fully saturated rings. The van der Waals surface area contributed by atoms with E-state index in [0.717, 1.165) is 10.6 Å². The summed E-state index contributed by atoms with van der Waals surface area (Å²) in [6.45, 7) is 0.896. The van der Waals surface area contributed by atoms with Crippen LogP contribution in [-0.4, -0.2) is 25.1 Å². The molecule has 0 N–H and O–H groups in total. The Morgan fingerprint density at radius 1 is 1.56 bits per heavy atom. The normalized spacial score (nSPS) is 17.3. The van der Waals surface area contributed by atoms with Crippen molar-refractivity contribution in [3.05, 3.63) is 23.2 Å². The zero-order valence-corrected chi connectivity index (χ0v) is 10.3. The van der Waals surface area contributed by atoms with E-state index in [-0.39, 0.29) is 0 Å². The number of nitrogens with zero attached hydrogens (tertiary/aromatic N) is 1. The molecule has 1 aliphatic heterocycles. The molecule has 16 heavy (non-hydrogen) atoms. The Morgan fingerprint density at radius 3 is 2.81 bits per heavy atom. The van der Waals surface area contributed by atoms with Gasteiger partial charge in [-0.3, -0.25) is 0 Å². The number of ether oxygens (including phenoxy) is 2. The molecule has 0 unspecified atom stereocenters. The fraction of sp³-hybridized carbons (Fsp3) is 0.364. The van der Waals surface area contributed by atoms with Crippen LogP contribution < -0.4 is 4.74 Å². The molecule has 5 heteroatoms. The van der Waals surface area contributed by atoms with Crippen LogP contribution in [0.5, 0.6) is 5.75 Å². The maximum Gasteiger partial charge on any atom is 0.153 e. The number of rotatable bonds is 3. The number of hydrogen-bond donors (Lipinski definition) is 0. The predicted octanol–water partition coefficient (Wildman–Crippen LogP) is 2.73. The lowest BCUT2D eigenvalue weighted by atomic mass is 10.1.